The fourth-order valence-electron chi connectivity index (χ4n) is 3.84. The normalized spacial score (nSPS) is 13.7. The molecule has 1 aliphatic rings. The Kier molecular flexibility index (Phi) is 5.82. The minimum absolute atomic E-state index is 0.232. The van der Waals surface area contributed by atoms with Crippen LogP contribution in [0.5, 0.6) is 11.5 Å². The molecule has 0 spiro atoms. The van der Waals surface area contributed by atoms with E-state index in [4.69, 9.17) is 14.5 Å². The van der Waals surface area contributed by atoms with Gasteiger partial charge in [-0.25, -0.2) is 13.8 Å². The van der Waals surface area contributed by atoms with Crippen LogP contribution in [0.15, 0.2) is 60.7 Å². The molecule has 1 saturated carbocycles. The Morgan fingerprint density at radius 3 is 2.67 bits per heavy atom. The zero-order chi connectivity index (χ0) is 22.8. The van der Waals surface area contributed by atoms with Gasteiger partial charge in [-0.3, -0.25) is 0 Å². The maximum Gasteiger partial charge on any atom is 0.168 e. The molecule has 0 saturated heterocycles. The Bertz CT molecular complexity index is 1330. The monoisotopic (exact) mass is 446 g/mol. The minimum Gasteiger partial charge on any atom is -0.493 e. The van der Waals surface area contributed by atoms with Gasteiger partial charge in [-0.2, -0.15) is 0 Å². The highest BCUT2D eigenvalue weighted by atomic mass is 19.1. The Morgan fingerprint density at radius 2 is 1.88 bits per heavy atom. The van der Waals surface area contributed by atoms with Crippen LogP contribution >= 0.6 is 0 Å². The predicted molar refractivity (Wildman–Crippen MR) is 125 cm³/mol. The average molecular weight is 446 g/mol. The lowest BCUT2D eigenvalue weighted by atomic mass is 10.1. The van der Waals surface area contributed by atoms with Crippen molar-refractivity contribution in [3.63, 3.8) is 0 Å². The third-order valence-electron chi connectivity index (χ3n) is 5.83. The molecule has 33 heavy (non-hydrogen) atoms. The van der Waals surface area contributed by atoms with Crippen molar-refractivity contribution in [3.8, 4) is 11.5 Å². The molecule has 0 N–H and O–H groups in total. The van der Waals surface area contributed by atoms with Crippen molar-refractivity contribution >= 4 is 23.2 Å². The molecule has 0 radical (unpaired) electrons. The summed E-state index contributed by atoms with van der Waals surface area (Å²) in [6.07, 6.45) is 6.22. The van der Waals surface area contributed by atoms with Crippen LogP contribution in [-0.4, -0.2) is 23.3 Å². The van der Waals surface area contributed by atoms with Crippen molar-refractivity contribution in [3.05, 3.63) is 89.2 Å². The number of benzene rings is 3. The Balaban J connectivity index is 1.52. The summed E-state index contributed by atoms with van der Waals surface area (Å²) in [6.45, 7) is 0.902. The first-order valence-corrected chi connectivity index (χ1v) is 11.0. The van der Waals surface area contributed by atoms with Crippen LogP contribution < -0.4 is 9.47 Å². The summed E-state index contributed by atoms with van der Waals surface area (Å²) in [5.74, 6) is 1.49. The number of rotatable bonds is 8. The highest BCUT2D eigenvalue weighted by Gasteiger charge is 2.23. The topological polar surface area (TPSA) is 36.3 Å². The second-order valence-corrected chi connectivity index (χ2v) is 8.25. The maximum absolute atomic E-state index is 14.4. The van der Waals surface area contributed by atoms with Gasteiger partial charge in [0.05, 0.1) is 31.3 Å². The summed E-state index contributed by atoms with van der Waals surface area (Å²) in [6, 6.07) is 17.1. The van der Waals surface area contributed by atoms with Crippen LogP contribution in [0, 0.1) is 17.6 Å². The summed E-state index contributed by atoms with van der Waals surface area (Å²) < 4.78 is 41.3. The van der Waals surface area contributed by atoms with Crippen molar-refractivity contribution in [2.24, 2.45) is 5.92 Å². The van der Waals surface area contributed by atoms with E-state index in [1.807, 2.05) is 59.2 Å². The Morgan fingerprint density at radius 1 is 1.03 bits per heavy atom. The van der Waals surface area contributed by atoms with Gasteiger partial charge in [-0.05, 0) is 55.2 Å². The van der Waals surface area contributed by atoms with Crippen LogP contribution in [0.4, 0.5) is 8.78 Å². The van der Waals surface area contributed by atoms with E-state index >= 15 is 0 Å². The predicted octanol–water partition coefficient (Wildman–Crippen LogP) is 6.33. The summed E-state index contributed by atoms with van der Waals surface area (Å²) in [7, 11) is 1.63. The number of aromatic nitrogens is 2. The van der Waals surface area contributed by atoms with E-state index in [0.717, 1.165) is 22.7 Å². The van der Waals surface area contributed by atoms with E-state index in [1.54, 1.807) is 7.11 Å². The summed E-state index contributed by atoms with van der Waals surface area (Å²) in [5, 5.41) is 0. The first-order valence-electron chi connectivity index (χ1n) is 11.0. The smallest absolute Gasteiger partial charge is 0.168 e. The van der Waals surface area contributed by atoms with Gasteiger partial charge < -0.3 is 14.0 Å². The summed E-state index contributed by atoms with van der Waals surface area (Å²) in [4.78, 5) is 4.74. The third-order valence-corrected chi connectivity index (χ3v) is 5.83. The van der Waals surface area contributed by atoms with E-state index in [2.05, 4.69) is 0 Å². The molecule has 4 nitrogen and oxygen atoms in total. The van der Waals surface area contributed by atoms with E-state index in [9.17, 15) is 8.78 Å². The molecule has 3 aromatic carbocycles. The molecule has 168 valence electrons. The van der Waals surface area contributed by atoms with Crippen LogP contribution in [0.3, 0.4) is 0 Å². The molecule has 1 aromatic heterocycles. The molecule has 0 amide bonds. The van der Waals surface area contributed by atoms with Gasteiger partial charge in [0.1, 0.15) is 17.5 Å². The van der Waals surface area contributed by atoms with Crippen molar-refractivity contribution in [1.29, 1.82) is 0 Å². The van der Waals surface area contributed by atoms with Gasteiger partial charge >= 0.3 is 0 Å². The van der Waals surface area contributed by atoms with Gasteiger partial charge in [0, 0.05) is 17.2 Å². The van der Waals surface area contributed by atoms with E-state index < -0.39 is 11.6 Å². The number of hydrogen-bond acceptors (Lipinski definition) is 3. The molecule has 0 unspecified atom stereocenters. The van der Waals surface area contributed by atoms with E-state index in [0.29, 0.717) is 35.4 Å². The number of fused-ring (bicyclic) bond motifs is 1. The summed E-state index contributed by atoms with van der Waals surface area (Å²) >= 11 is 0. The van der Waals surface area contributed by atoms with Crippen LogP contribution in [0.25, 0.3) is 23.2 Å². The van der Waals surface area contributed by atoms with Crippen molar-refractivity contribution in [1.82, 2.24) is 9.55 Å². The average Bonchev–Trinajstić information content (AvgIpc) is 3.59. The molecule has 4 aromatic rings. The highest BCUT2D eigenvalue weighted by molar-refractivity contribution is 5.81. The van der Waals surface area contributed by atoms with Crippen molar-refractivity contribution in [2.45, 2.75) is 19.4 Å². The summed E-state index contributed by atoms with van der Waals surface area (Å²) in [5.41, 5.74) is 2.94. The van der Waals surface area contributed by atoms with Crippen molar-refractivity contribution in [2.75, 3.05) is 13.7 Å². The largest absolute Gasteiger partial charge is 0.493 e. The fourth-order valence-corrected chi connectivity index (χ4v) is 3.84. The first kappa shape index (κ1) is 21.2. The molecule has 0 bridgehead atoms. The first-order chi connectivity index (χ1) is 16.1. The molecule has 0 atom stereocenters. The van der Waals surface area contributed by atoms with Crippen LogP contribution in [-0.2, 0) is 6.54 Å². The highest BCUT2D eigenvalue weighted by Crippen LogP contribution is 2.36. The van der Waals surface area contributed by atoms with Gasteiger partial charge in [0.25, 0.3) is 0 Å². The fraction of sp³-hybridized carbons (Fsp3) is 0.222. The van der Waals surface area contributed by atoms with E-state index in [1.165, 1.54) is 25.0 Å². The molecule has 5 rings (SSSR count). The Labute approximate surface area is 191 Å². The second-order valence-electron chi connectivity index (χ2n) is 8.25. The molecule has 1 aliphatic carbocycles. The number of hydrogen-bond donors (Lipinski definition) is 0. The molecule has 1 fully saturated rings. The van der Waals surface area contributed by atoms with E-state index in [-0.39, 0.29) is 6.54 Å². The number of para-hydroxylation sites is 3. The lowest BCUT2D eigenvalue weighted by molar-refractivity contribution is 0.280. The number of nitrogens with zero attached hydrogens (tertiary/aromatic N) is 2. The molecular weight excluding hydrogens is 422 g/mol. The number of ether oxygens (including phenoxy) is 2. The standard InChI is InChI=1S/C27H24F2N2O2/c1-32-25-8-4-5-19(27(25)33-17-18-9-10-18)12-14-26-30-23-6-2-3-7-24(23)31(26)16-20-11-13-21(28)15-22(20)29/h2-8,11-15,18H,9-10,16-17H2,1H3. The number of halogens is 2. The van der Waals surface area contributed by atoms with Crippen LogP contribution in [0.2, 0.25) is 0 Å². The maximum atomic E-state index is 14.4. The zero-order valence-electron chi connectivity index (χ0n) is 18.3. The number of methoxy groups -OCH3 is 1. The van der Waals surface area contributed by atoms with Gasteiger partial charge in [0.15, 0.2) is 11.5 Å². The molecule has 6 heteroatoms. The number of imidazole rings is 1. The molecular formula is C27H24F2N2O2. The Hall–Kier alpha value is -3.67. The lowest BCUT2D eigenvalue weighted by Crippen LogP contribution is -2.05. The minimum atomic E-state index is -0.594. The third kappa shape index (κ3) is 4.60. The van der Waals surface area contributed by atoms with Crippen LogP contribution in [0.1, 0.15) is 29.8 Å². The quantitative estimate of drug-likeness (QED) is 0.317. The van der Waals surface area contributed by atoms with Gasteiger partial charge in [0.2, 0.25) is 0 Å². The lowest BCUT2D eigenvalue weighted by Gasteiger charge is -2.13. The zero-order valence-corrected chi connectivity index (χ0v) is 18.3. The van der Waals surface area contributed by atoms with Crippen molar-refractivity contribution < 1.29 is 18.3 Å². The SMILES string of the molecule is COc1cccc(C=Cc2nc3ccccc3n2Cc2ccc(F)cc2F)c1OCC1CC1. The van der Waals surface area contributed by atoms with Gasteiger partial charge in [-0.1, -0.05) is 30.3 Å². The van der Waals surface area contributed by atoms with Gasteiger partial charge in [-0.15, -0.1) is 0 Å². The molecule has 1 heterocycles. The second kappa shape index (κ2) is 9.06. The molecule has 0 aliphatic heterocycles.